The molecule has 0 saturated carbocycles. The van der Waals surface area contributed by atoms with Crippen molar-refractivity contribution in [3.63, 3.8) is 0 Å². The van der Waals surface area contributed by atoms with E-state index in [4.69, 9.17) is 0 Å². The van der Waals surface area contributed by atoms with Gasteiger partial charge in [0.05, 0.1) is 0 Å². The van der Waals surface area contributed by atoms with E-state index in [1.54, 1.807) is 0 Å². The van der Waals surface area contributed by atoms with E-state index >= 15 is 0 Å². The van der Waals surface area contributed by atoms with Gasteiger partial charge in [-0.3, -0.25) is 0 Å². The molecule has 0 aliphatic carbocycles. The van der Waals surface area contributed by atoms with E-state index in [2.05, 4.69) is 41.7 Å². The van der Waals surface area contributed by atoms with Crippen molar-refractivity contribution in [2.24, 2.45) is 0 Å². The maximum absolute atomic E-state index is 3.92. The van der Waals surface area contributed by atoms with Crippen LogP contribution < -0.4 is 0 Å². The van der Waals surface area contributed by atoms with E-state index in [0.29, 0.717) is 0 Å². The van der Waals surface area contributed by atoms with Gasteiger partial charge in [0.2, 0.25) is 0 Å². The summed E-state index contributed by atoms with van der Waals surface area (Å²) in [6.07, 6.45) is 0. The second kappa shape index (κ2) is 3.78. The fraction of sp³-hybridized carbons (Fsp3) is 0.750. The minimum absolute atomic E-state index is 1.19. The minimum atomic E-state index is -1.19. The fourth-order valence-electron chi connectivity index (χ4n) is 1.27. The van der Waals surface area contributed by atoms with Crippen LogP contribution in [0, 0.1) is 0 Å². The Morgan fingerprint density at radius 2 is 1.91 bits per heavy atom. The highest BCUT2D eigenvalue weighted by Crippen LogP contribution is 2.17. The van der Waals surface area contributed by atoms with Gasteiger partial charge in [0.15, 0.2) is 0 Å². The van der Waals surface area contributed by atoms with Gasteiger partial charge >= 0.3 is 0 Å². The normalized spacial score (nSPS) is 21.6. The molecule has 0 aromatic carbocycles. The molecule has 1 fully saturated rings. The Kier molecular flexibility index (Phi) is 3.22. The largest absolute Gasteiger partial charge is 0.319 e. The third kappa shape index (κ3) is 2.35. The summed E-state index contributed by atoms with van der Waals surface area (Å²) in [6.45, 7) is 11.2. The standard InChI is InChI=1S/C8H17NSSi/c1-4-11(2,3)9-5-7-10-8-6-9/h4H,1,5-8H2,2-3H3. The molecule has 0 bridgehead atoms. The summed E-state index contributed by atoms with van der Waals surface area (Å²) in [5, 5.41) is 0. The van der Waals surface area contributed by atoms with E-state index in [9.17, 15) is 0 Å². The van der Waals surface area contributed by atoms with Crippen LogP contribution in [-0.2, 0) is 0 Å². The van der Waals surface area contributed by atoms with Gasteiger partial charge in [0.25, 0.3) is 0 Å². The van der Waals surface area contributed by atoms with Crippen molar-refractivity contribution in [1.82, 2.24) is 4.57 Å². The number of hydrogen-bond acceptors (Lipinski definition) is 2. The van der Waals surface area contributed by atoms with Gasteiger partial charge in [-0.2, -0.15) is 11.8 Å². The van der Waals surface area contributed by atoms with Gasteiger partial charge in [0.1, 0.15) is 8.24 Å². The Balaban J connectivity index is 2.50. The van der Waals surface area contributed by atoms with Crippen LogP contribution in [-0.4, -0.2) is 37.4 Å². The van der Waals surface area contributed by atoms with Gasteiger partial charge < -0.3 is 4.57 Å². The lowest BCUT2D eigenvalue weighted by Gasteiger charge is -2.37. The van der Waals surface area contributed by atoms with Gasteiger partial charge in [-0.25, -0.2) is 0 Å². The molecule has 1 heterocycles. The average molecular weight is 187 g/mol. The molecule has 0 spiro atoms. The van der Waals surface area contributed by atoms with Crippen LogP contribution in [0.25, 0.3) is 0 Å². The van der Waals surface area contributed by atoms with Crippen molar-refractivity contribution >= 4 is 20.0 Å². The zero-order chi connectivity index (χ0) is 8.32. The summed E-state index contributed by atoms with van der Waals surface area (Å²) >= 11 is 2.07. The van der Waals surface area contributed by atoms with Gasteiger partial charge in [0, 0.05) is 24.6 Å². The molecule has 1 nitrogen and oxygen atoms in total. The van der Waals surface area contributed by atoms with Crippen LogP contribution in [0.1, 0.15) is 0 Å². The maximum atomic E-state index is 3.92. The SMILES string of the molecule is C=C[Si](C)(C)N1CCSCC1. The summed E-state index contributed by atoms with van der Waals surface area (Å²) in [4.78, 5) is 0. The molecule has 0 atom stereocenters. The van der Waals surface area contributed by atoms with Crippen LogP contribution >= 0.6 is 11.8 Å². The number of hydrogen-bond donors (Lipinski definition) is 0. The number of thioether (sulfide) groups is 1. The first-order valence-electron chi connectivity index (χ1n) is 4.13. The highest BCUT2D eigenvalue weighted by molar-refractivity contribution is 7.99. The molecule has 11 heavy (non-hydrogen) atoms. The topological polar surface area (TPSA) is 3.24 Å². The molecule has 0 unspecified atom stereocenters. The monoisotopic (exact) mass is 187 g/mol. The van der Waals surface area contributed by atoms with E-state index in [1.807, 2.05) is 0 Å². The quantitative estimate of drug-likeness (QED) is 0.608. The lowest BCUT2D eigenvalue weighted by molar-refractivity contribution is 0.471. The average Bonchev–Trinajstić information content (AvgIpc) is 2.06. The first kappa shape index (κ1) is 9.36. The zero-order valence-electron chi connectivity index (χ0n) is 7.47. The Labute approximate surface area is 74.9 Å². The van der Waals surface area contributed by atoms with Crippen LogP contribution in [0.15, 0.2) is 12.3 Å². The lowest BCUT2D eigenvalue weighted by atomic mass is 10.6. The molecule has 1 aliphatic rings. The molecule has 64 valence electrons. The van der Waals surface area contributed by atoms with Crippen LogP contribution in [0.3, 0.4) is 0 Å². The smallest absolute Gasteiger partial charge is 0.146 e. The first-order valence-corrected chi connectivity index (χ1v) is 8.31. The van der Waals surface area contributed by atoms with Crippen LogP contribution in [0.4, 0.5) is 0 Å². The molecule has 0 aromatic rings. The van der Waals surface area contributed by atoms with Crippen LogP contribution in [0.2, 0.25) is 13.1 Å². The van der Waals surface area contributed by atoms with Gasteiger partial charge in [-0.05, 0) is 0 Å². The Hall–Kier alpha value is 0.267. The van der Waals surface area contributed by atoms with Crippen molar-refractivity contribution in [2.75, 3.05) is 24.6 Å². The molecular weight excluding hydrogens is 170 g/mol. The molecule has 0 aromatic heterocycles. The van der Waals surface area contributed by atoms with Crippen LogP contribution in [0.5, 0.6) is 0 Å². The second-order valence-electron chi connectivity index (χ2n) is 3.46. The van der Waals surface area contributed by atoms with Crippen molar-refractivity contribution in [2.45, 2.75) is 13.1 Å². The van der Waals surface area contributed by atoms with Gasteiger partial charge in [-0.1, -0.05) is 18.8 Å². The van der Waals surface area contributed by atoms with Crippen molar-refractivity contribution < 1.29 is 0 Å². The van der Waals surface area contributed by atoms with E-state index in [0.717, 1.165) is 0 Å². The van der Waals surface area contributed by atoms with Crippen molar-refractivity contribution in [3.8, 4) is 0 Å². The maximum Gasteiger partial charge on any atom is 0.146 e. The predicted molar refractivity (Wildman–Crippen MR) is 56.6 cm³/mol. The lowest BCUT2D eigenvalue weighted by Crippen LogP contribution is -2.51. The number of rotatable bonds is 2. The molecule has 1 aliphatic heterocycles. The summed E-state index contributed by atoms with van der Waals surface area (Å²) in [5.74, 6) is 2.62. The summed E-state index contributed by atoms with van der Waals surface area (Å²) in [7, 11) is -1.19. The third-order valence-corrected chi connectivity index (χ3v) is 6.34. The molecule has 1 saturated heterocycles. The van der Waals surface area contributed by atoms with E-state index < -0.39 is 8.24 Å². The molecule has 0 amide bonds. The molecular formula is C8H17NSSi. The Bertz CT molecular complexity index is 141. The highest BCUT2D eigenvalue weighted by Gasteiger charge is 2.26. The summed E-state index contributed by atoms with van der Waals surface area (Å²) in [5.41, 5.74) is 2.18. The summed E-state index contributed by atoms with van der Waals surface area (Å²) < 4.78 is 2.64. The number of nitrogens with zero attached hydrogens (tertiary/aromatic N) is 1. The Morgan fingerprint density at radius 1 is 1.36 bits per heavy atom. The highest BCUT2D eigenvalue weighted by atomic mass is 32.2. The Morgan fingerprint density at radius 3 is 2.36 bits per heavy atom. The fourth-order valence-corrected chi connectivity index (χ4v) is 4.13. The zero-order valence-corrected chi connectivity index (χ0v) is 9.28. The van der Waals surface area contributed by atoms with Crippen molar-refractivity contribution in [1.29, 1.82) is 0 Å². The van der Waals surface area contributed by atoms with E-state index in [-0.39, 0.29) is 0 Å². The molecule has 0 radical (unpaired) electrons. The molecule has 0 N–H and O–H groups in total. The molecule has 3 heteroatoms. The van der Waals surface area contributed by atoms with Crippen molar-refractivity contribution in [3.05, 3.63) is 12.3 Å². The van der Waals surface area contributed by atoms with Gasteiger partial charge in [-0.15, -0.1) is 6.58 Å². The predicted octanol–water partition coefficient (Wildman–Crippen LogP) is 1.97. The van der Waals surface area contributed by atoms with E-state index in [1.165, 1.54) is 24.6 Å². The molecule has 1 rings (SSSR count). The first-order chi connectivity index (χ1) is 5.17. The second-order valence-corrected chi connectivity index (χ2v) is 9.03. The third-order valence-electron chi connectivity index (χ3n) is 2.33. The minimum Gasteiger partial charge on any atom is -0.319 e. The summed E-state index contributed by atoms with van der Waals surface area (Å²) in [6, 6.07) is 0.